The van der Waals surface area contributed by atoms with Crippen LogP contribution in [0.15, 0.2) is 0 Å². The predicted molar refractivity (Wildman–Crippen MR) is 80.0 cm³/mol. The lowest BCUT2D eigenvalue weighted by Crippen LogP contribution is -2.27. The second kappa shape index (κ2) is 13.1. The average Bonchev–Trinajstić information content (AvgIpc) is 2.25. The Morgan fingerprint density at radius 1 is 0.895 bits per heavy atom. The van der Waals surface area contributed by atoms with Crippen LogP contribution < -0.4 is 0 Å². The van der Waals surface area contributed by atoms with Crippen LogP contribution in [-0.4, -0.2) is 39.7 Å². The van der Waals surface area contributed by atoms with Crippen LogP contribution in [0.3, 0.4) is 0 Å². The molecule has 0 aliphatic heterocycles. The van der Waals surface area contributed by atoms with Crippen molar-refractivity contribution < 1.29 is 19.2 Å². The van der Waals surface area contributed by atoms with Crippen LogP contribution in [0.1, 0.15) is 65.2 Å². The maximum atomic E-state index is 8.88. The molecule has 0 aliphatic rings. The molecule has 0 aromatic heterocycles. The van der Waals surface area contributed by atoms with E-state index in [1.165, 1.54) is 51.4 Å². The molecule has 0 bridgehead atoms. The molecule has 0 amide bonds. The molecule has 118 valence electrons. The summed E-state index contributed by atoms with van der Waals surface area (Å²) in [6.45, 7) is 4.56. The van der Waals surface area contributed by atoms with E-state index in [-0.39, 0.29) is 0 Å². The standard InChI is InChI=1S/C13H29N.H3O4P/c1-5-7-9-10-12-13(14(3)4)11-8-6-2;1-5(2,3)4/h13H,5-12H2,1-4H3;(H3,1,2,3,4). The summed E-state index contributed by atoms with van der Waals surface area (Å²) in [5, 5.41) is 0. The Morgan fingerprint density at radius 3 is 1.68 bits per heavy atom. The van der Waals surface area contributed by atoms with Gasteiger partial charge in [-0.2, -0.15) is 0 Å². The Hall–Kier alpha value is 0.0700. The molecule has 0 aromatic carbocycles. The minimum atomic E-state index is -4.64. The number of rotatable bonds is 9. The van der Waals surface area contributed by atoms with E-state index in [2.05, 4.69) is 32.8 Å². The molecule has 1 atom stereocenters. The van der Waals surface area contributed by atoms with E-state index in [0.717, 1.165) is 6.04 Å². The Morgan fingerprint density at radius 2 is 1.32 bits per heavy atom. The van der Waals surface area contributed by atoms with Gasteiger partial charge in [0.25, 0.3) is 0 Å². The van der Waals surface area contributed by atoms with E-state index in [9.17, 15) is 0 Å². The summed E-state index contributed by atoms with van der Waals surface area (Å²) >= 11 is 0. The van der Waals surface area contributed by atoms with E-state index < -0.39 is 7.82 Å². The van der Waals surface area contributed by atoms with E-state index in [1.54, 1.807) is 0 Å². The zero-order chi connectivity index (χ0) is 15.3. The molecule has 0 fully saturated rings. The minimum Gasteiger partial charge on any atom is -0.306 e. The fourth-order valence-corrected chi connectivity index (χ4v) is 1.91. The van der Waals surface area contributed by atoms with Gasteiger partial charge in [0, 0.05) is 6.04 Å². The van der Waals surface area contributed by atoms with Crippen LogP contribution in [0, 0.1) is 0 Å². The molecule has 0 aromatic rings. The van der Waals surface area contributed by atoms with Gasteiger partial charge in [-0.15, -0.1) is 0 Å². The normalized spacial score (nSPS) is 13.1. The zero-order valence-electron chi connectivity index (χ0n) is 12.9. The monoisotopic (exact) mass is 297 g/mol. The van der Waals surface area contributed by atoms with Crippen LogP contribution in [0.4, 0.5) is 0 Å². The Kier molecular flexibility index (Phi) is 14.7. The third kappa shape index (κ3) is 23.6. The van der Waals surface area contributed by atoms with Gasteiger partial charge in [0.1, 0.15) is 0 Å². The van der Waals surface area contributed by atoms with Crippen LogP contribution in [0.25, 0.3) is 0 Å². The van der Waals surface area contributed by atoms with Crippen molar-refractivity contribution in [2.24, 2.45) is 0 Å². The molecule has 5 nitrogen and oxygen atoms in total. The molecule has 0 heterocycles. The molecule has 3 N–H and O–H groups in total. The maximum absolute atomic E-state index is 8.88. The molecule has 6 heteroatoms. The van der Waals surface area contributed by atoms with Crippen molar-refractivity contribution in [3.05, 3.63) is 0 Å². The second-order valence-electron chi connectivity index (χ2n) is 5.12. The van der Waals surface area contributed by atoms with Gasteiger partial charge in [-0.3, -0.25) is 0 Å². The predicted octanol–water partition coefficient (Wildman–Crippen LogP) is 3.15. The largest absolute Gasteiger partial charge is 0.466 e. The fourth-order valence-electron chi connectivity index (χ4n) is 1.91. The van der Waals surface area contributed by atoms with E-state index in [0.29, 0.717) is 0 Å². The first kappa shape index (κ1) is 21.4. The summed E-state index contributed by atoms with van der Waals surface area (Å²) in [6, 6.07) is 0.826. The third-order valence-electron chi connectivity index (χ3n) is 3.01. The summed E-state index contributed by atoms with van der Waals surface area (Å²) in [5.74, 6) is 0. The van der Waals surface area contributed by atoms with Crippen LogP contribution in [-0.2, 0) is 4.57 Å². The van der Waals surface area contributed by atoms with Crippen molar-refractivity contribution in [2.75, 3.05) is 14.1 Å². The Labute approximate surface area is 118 Å². The zero-order valence-corrected chi connectivity index (χ0v) is 13.8. The van der Waals surface area contributed by atoms with Crippen molar-refractivity contribution in [3.63, 3.8) is 0 Å². The molecular formula is C13H32NO4P. The minimum absolute atomic E-state index is 0.826. The highest BCUT2D eigenvalue weighted by Crippen LogP contribution is 2.25. The molecular weight excluding hydrogens is 265 g/mol. The number of unbranched alkanes of at least 4 members (excludes halogenated alkanes) is 4. The van der Waals surface area contributed by atoms with Gasteiger partial charge in [-0.1, -0.05) is 52.4 Å². The highest BCUT2D eigenvalue weighted by Gasteiger charge is 2.09. The Bertz CT molecular complexity index is 222. The Balaban J connectivity index is 0. The van der Waals surface area contributed by atoms with Crippen LogP contribution in [0.2, 0.25) is 0 Å². The van der Waals surface area contributed by atoms with Crippen LogP contribution >= 0.6 is 7.82 Å². The summed E-state index contributed by atoms with van der Waals surface area (Å²) in [7, 11) is -0.194. The van der Waals surface area contributed by atoms with Gasteiger partial charge in [-0.25, -0.2) is 4.57 Å². The second-order valence-corrected chi connectivity index (χ2v) is 6.15. The molecule has 0 saturated carbocycles. The van der Waals surface area contributed by atoms with Gasteiger partial charge >= 0.3 is 7.82 Å². The van der Waals surface area contributed by atoms with E-state index >= 15 is 0 Å². The van der Waals surface area contributed by atoms with Crippen molar-refractivity contribution in [1.29, 1.82) is 0 Å². The molecule has 1 unspecified atom stereocenters. The van der Waals surface area contributed by atoms with Gasteiger partial charge in [0.15, 0.2) is 0 Å². The third-order valence-corrected chi connectivity index (χ3v) is 3.01. The van der Waals surface area contributed by atoms with Crippen molar-refractivity contribution >= 4 is 7.82 Å². The van der Waals surface area contributed by atoms with Gasteiger partial charge in [0.2, 0.25) is 0 Å². The lowest BCUT2D eigenvalue weighted by Gasteiger charge is -2.24. The SMILES string of the molecule is CCCCCCC(CCCC)N(C)C.O=P(O)(O)O. The summed E-state index contributed by atoms with van der Waals surface area (Å²) in [4.78, 5) is 24.0. The number of hydrogen-bond acceptors (Lipinski definition) is 2. The molecule has 0 saturated heterocycles. The number of nitrogens with zero attached hydrogens (tertiary/aromatic N) is 1. The lowest BCUT2D eigenvalue weighted by atomic mass is 10.0. The van der Waals surface area contributed by atoms with Crippen molar-refractivity contribution in [2.45, 2.75) is 71.3 Å². The average molecular weight is 297 g/mol. The first-order valence-corrected chi connectivity index (χ1v) is 8.73. The van der Waals surface area contributed by atoms with Gasteiger partial charge in [0.05, 0.1) is 0 Å². The first-order valence-electron chi connectivity index (χ1n) is 7.17. The molecule has 0 rings (SSSR count). The topological polar surface area (TPSA) is 81.0 Å². The van der Waals surface area contributed by atoms with Crippen molar-refractivity contribution in [3.8, 4) is 0 Å². The molecule has 0 radical (unpaired) electrons. The van der Waals surface area contributed by atoms with E-state index in [1.807, 2.05) is 0 Å². The molecule has 0 spiro atoms. The van der Waals surface area contributed by atoms with E-state index in [4.69, 9.17) is 19.2 Å². The van der Waals surface area contributed by atoms with Gasteiger partial charge in [-0.05, 0) is 26.9 Å². The summed E-state index contributed by atoms with van der Waals surface area (Å²) in [5.41, 5.74) is 0. The molecule has 19 heavy (non-hydrogen) atoms. The molecule has 0 aliphatic carbocycles. The highest BCUT2D eigenvalue weighted by molar-refractivity contribution is 7.45. The lowest BCUT2D eigenvalue weighted by molar-refractivity contribution is 0.253. The number of phosphoric acid groups is 1. The van der Waals surface area contributed by atoms with Crippen LogP contribution in [0.5, 0.6) is 0 Å². The highest BCUT2D eigenvalue weighted by atomic mass is 31.2. The van der Waals surface area contributed by atoms with Crippen molar-refractivity contribution in [1.82, 2.24) is 4.90 Å². The quantitative estimate of drug-likeness (QED) is 0.450. The fraction of sp³-hybridized carbons (Fsp3) is 1.00. The summed E-state index contributed by atoms with van der Waals surface area (Å²) < 4.78 is 8.88. The number of hydrogen-bond donors (Lipinski definition) is 3. The first-order chi connectivity index (χ1) is 8.72. The van der Waals surface area contributed by atoms with Gasteiger partial charge < -0.3 is 19.6 Å². The maximum Gasteiger partial charge on any atom is 0.466 e. The smallest absolute Gasteiger partial charge is 0.306 e. The summed E-state index contributed by atoms with van der Waals surface area (Å²) in [6.07, 6.45) is 11.1.